The molecule has 0 spiro atoms. The summed E-state index contributed by atoms with van der Waals surface area (Å²) in [4.78, 5) is 0. The van der Waals surface area contributed by atoms with Crippen LogP contribution in [-0.4, -0.2) is 5.71 Å². The lowest BCUT2D eigenvalue weighted by atomic mass is 10.1. The third-order valence-corrected chi connectivity index (χ3v) is 1.84. The van der Waals surface area contributed by atoms with Crippen molar-refractivity contribution in [2.75, 3.05) is 0 Å². The van der Waals surface area contributed by atoms with E-state index in [1.54, 1.807) is 24.3 Å². The fourth-order valence-corrected chi connectivity index (χ4v) is 0.926. The van der Waals surface area contributed by atoms with E-state index in [1.807, 2.05) is 19.9 Å². The van der Waals surface area contributed by atoms with E-state index in [-0.39, 0.29) is 0 Å². The Labute approximate surface area is 91.7 Å². The number of nitrogens with one attached hydrogen (secondary N) is 1. The highest BCUT2D eigenvalue weighted by molar-refractivity contribution is 6.08. The Morgan fingerprint density at radius 1 is 1.40 bits per heavy atom. The van der Waals surface area contributed by atoms with Crippen LogP contribution in [-0.2, 0) is 0 Å². The third kappa shape index (κ3) is 4.81. The topological polar surface area (TPSA) is 49.9 Å². The molecule has 15 heavy (non-hydrogen) atoms. The summed E-state index contributed by atoms with van der Waals surface area (Å²) in [7, 11) is 0. The molecule has 2 nitrogen and oxygen atoms in total. The van der Waals surface area contributed by atoms with Crippen LogP contribution in [0.3, 0.4) is 0 Å². The quantitative estimate of drug-likeness (QED) is 0.522. The van der Waals surface area contributed by atoms with E-state index in [0.717, 1.165) is 5.57 Å². The molecule has 0 rings (SSSR count). The second kappa shape index (κ2) is 6.60. The molecule has 0 bridgehead atoms. The highest BCUT2D eigenvalue weighted by atomic mass is 14.6. The first-order valence-corrected chi connectivity index (χ1v) is 4.70. The summed E-state index contributed by atoms with van der Waals surface area (Å²) in [6.45, 7) is 11.1. The molecule has 0 aromatic carbocycles. The van der Waals surface area contributed by atoms with E-state index >= 15 is 0 Å². The maximum Gasteiger partial charge on any atom is 0.0626 e. The molecular weight excluding hydrogens is 184 g/mol. The fraction of sp³-hybridized carbons (Fsp3) is 0.154. The van der Waals surface area contributed by atoms with Gasteiger partial charge in [0.15, 0.2) is 0 Å². The number of hydrogen-bond donors (Lipinski definition) is 2. The minimum atomic E-state index is 0.322. The molecule has 0 unspecified atom stereocenters. The van der Waals surface area contributed by atoms with Gasteiger partial charge in [0.25, 0.3) is 0 Å². The minimum absolute atomic E-state index is 0.322. The molecule has 80 valence electrons. The second-order valence-corrected chi connectivity index (χ2v) is 3.12. The van der Waals surface area contributed by atoms with Crippen molar-refractivity contribution in [1.29, 1.82) is 5.41 Å². The van der Waals surface area contributed by atoms with Gasteiger partial charge >= 0.3 is 0 Å². The normalized spacial score (nSPS) is 12.9. The van der Waals surface area contributed by atoms with Crippen molar-refractivity contribution < 1.29 is 0 Å². The first-order chi connectivity index (χ1) is 7.02. The predicted octanol–water partition coefficient (Wildman–Crippen LogP) is 3.11. The summed E-state index contributed by atoms with van der Waals surface area (Å²) >= 11 is 0. The monoisotopic (exact) mass is 202 g/mol. The van der Waals surface area contributed by atoms with Crippen LogP contribution in [0.1, 0.15) is 13.8 Å². The summed E-state index contributed by atoms with van der Waals surface area (Å²) in [6, 6.07) is 0. The van der Waals surface area contributed by atoms with Gasteiger partial charge in [0.05, 0.1) is 5.71 Å². The molecule has 0 radical (unpaired) electrons. The van der Waals surface area contributed by atoms with Crippen LogP contribution < -0.4 is 5.73 Å². The minimum Gasteiger partial charge on any atom is -0.398 e. The van der Waals surface area contributed by atoms with Gasteiger partial charge in [-0.3, -0.25) is 0 Å². The molecule has 0 aromatic rings. The van der Waals surface area contributed by atoms with Crippen LogP contribution in [0.15, 0.2) is 60.4 Å². The highest BCUT2D eigenvalue weighted by Crippen LogP contribution is 2.05. The molecule has 3 N–H and O–H groups in total. The fourth-order valence-electron chi connectivity index (χ4n) is 0.926. The van der Waals surface area contributed by atoms with Crippen LogP contribution in [0.5, 0.6) is 0 Å². The van der Waals surface area contributed by atoms with Crippen LogP contribution in [0, 0.1) is 5.41 Å². The lowest BCUT2D eigenvalue weighted by molar-refractivity contribution is 1.29. The van der Waals surface area contributed by atoms with Gasteiger partial charge in [-0.05, 0) is 31.1 Å². The van der Waals surface area contributed by atoms with Crippen LogP contribution in [0.25, 0.3) is 0 Å². The lowest BCUT2D eigenvalue weighted by Gasteiger charge is -2.02. The van der Waals surface area contributed by atoms with Gasteiger partial charge in [-0.1, -0.05) is 37.5 Å². The SMILES string of the molecule is C=C/C=C(C)/C(N)=C/C(=N)C(=C)/C=C\C. The molecule has 0 aliphatic carbocycles. The van der Waals surface area contributed by atoms with E-state index in [9.17, 15) is 0 Å². The highest BCUT2D eigenvalue weighted by Gasteiger charge is 1.98. The largest absolute Gasteiger partial charge is 0.398 e. The maximum absolute atomic E-state index is 7.69. The van der Waals surface area contributed by atoms with E-state index < -0.39 is 0 Å². The molecule has 0 amide bonds. The molecule has 0 fully saturated rings. The van der Waals surface area contributed by atoms with Gasteiger partial charge in [-0.2, -0.15) is 0 Å². The summed E-state index contributed by atoms with van der Waals surface area (Å²) in [5, 5.41) is 7.69. The van der Waals surface area contributed by atoms with Crippen molar-refractivity contribution in [1.82, 2.24) is 0 Å². The third-order valence-electron chi connectivity index (χ3n) is 1.84. The van der Waals surface area contributed by atoms with Crippen LogP contribution in [0.2, 0.25) is 0 Å². The van der Waals surface area contributed by atoms with Gasteiger partial charge in [0, 0.05) is 5.70 Å². The van der Waals surface area contributed by atoms with Crippen molar-refractivity contribution >= 4 is 5.71 Å². The van der Waals surface area contributed by atoms with E-state index in [1.165, 1.54) is 0 Å². The van der Waals surface area contributed by atoms with Gasteiger partial charge < -0.3 is 11.1 Å². The average molecular weight is 202 g/mol. The molecule has 0 saturated carbocycles. The standard InChI is InChI=1S/C13H18N2/c1-5-7-10(3)12(14)9-13(15)11(4)8-6-2/h5-9,15H,1,4,14H2,2-3H3/b8-6-,10-7+,12-9-,15-13?. The summed E-state index contributed by atoms with van der Waals surface area (Å²) in [5.41, 5.74) is 8.20. The Bertz CT molecular complexity index is 355. The molecule has 2 heteroatoms. The zero-order valence-electron chi connectivity index (χ0n) is 9.38. The van der Waals surface area contributed by atoms with Gasteiger partial charge in [-0.25, -0.2) is 0 Å². The van der Waals surface area contributed by atoms with Crippen molar-refractivity contribution in [2.24, 2.45) is 5.73 Å². The molecule has 0 heterocycles. The smallest absolute Gasteiger partial charge is 0.0626 e. The van der Waals surface area contributed by atoms with Crippen molar-refractivity contribution in [3.8, 4) is 0 Å². The molecule has 0 aromatic heterocycles. The molecule has 0 atom stereocenters. The zero-order valence-corrected chi connectivity index (χ0v) is 9.38. The Morgan fingerprint density at radius 3 is 2.47 bits per heavy atom. The lowest BCUT2D eigenvalue weighted by Crippen LogP contribution is -2.03. The molecular formula is C13H18N2. The number of nitrogens with two attached hydrogens (primary N) is 1. The molecule has 0 saturated heterocycles. The summed E-state index contributed by atoms with van der Waals surface area (Å²) < 4.78 is 0. The first-order valence-electron chi connectivity index (χ1n) is 4.70. The average Bonchev–Trinajstić information content (AvgIpc) is 2.18. The Morgan fingerprint density at radius 2 is 2.00 bits per heavy atom. The zero-order chi connectivity index (χ0) is 11.8. The van der Waals surface area contributed by atoms with Crippen molar-refractivity contribution in [3.05, 3.63) is 60.4 Å². The molecule has 0 aliphatic heterocycles. The predicted molar refractivity (Wildman–Crippen MR) is 67.9 cm³/mol. The van der Waals surface area contributed by atoms with Crippen LogP contribution in [0.4, 0.5) is 0 Å². The van der Waals surface area contributed by atoms with Gasteiger partial charge in [0.2, 0.25) is 0 Å². The summed E-state index contributed by atoms with van der Waals surface area (Å²) in [6.07, 6.45) is 8.68. The maximum atomic E-state index is 7.69. The Balaban J connectivity index is 4.77. The second-order valence-electron chi connectivity index (χ2n) is 3.12. The van der Waals surface area contributed by atoms with Gasteiger partial charge in [0.1, 0.15) is 0 Å². The van der Waals surface area contributed by atoms with E-state index in [2.05, 4.69) is 13.2 Å². The number of allylic oxidation sites excluding steroid dienone is 7. The first kappa shape index (κ1) is 13.2. The van der Waals surface area contributed by atoms with Gasteiger partial charge in [-0.15, -0.1) is 0 Å². The summed E-state index contributed by atoms with van der Waals surface area (Å²) in [5.74, 6) is 0. The number of hydrogen-bond acceptors (Lipinski definition) is 2. The Kier molecular flexibility index (Phi) is 5.79. The molecule has 0 aliphatic rings. The van der Waals surface area contributed by atoms with E-state index in [4.69, 9.17) is 11.1 Å². The van der Waals surface area contributed by atoms with Crippen molar-refractivity contribution in [3.63, 3.8) is 0 Å². The van der Waals surface area contributed by atoms with Crippen LogP contribution >= 0.6 is 0 Å². The van der Waals surface area contributed by atoms with Crippen molar-refractivity contribution in [2.45, 2.75) is 13.8 Å². The Hall–Kier alpha value is -1.83. The number of rotatable bonds is 5. The van der Waals surface area contributed by atoms with E-state index in [0.29, 0.717) is 17.0 Å².